The summed E-state index contributed by atoms with van der Waals surface area (Å²) in [6.07, 6.45) is 0.891. The molecule has 2 saturated heterocycles. The Morgan fingerprint density at radius 2 is 1.70 bits per heavy atom. The molecule has 2 aliphatic rings. The van der Waals surface area contributed by atoms with Crippen LogP contribution in [0.5, 0.6) is 11.5 Å². The lowest BCUT2D eigenvalue weighted by Gasteiger charge is -2.28. The first-order valence-corrected chi connectivity index (χ1v) is 16.4. The Kier molecular flexibility index (Phi) is 8.82. The number of Topliss-reactive ketones (excluding diaryl/α,β-unsaturated/α-hetero) is 1. The van der Waals surface area contributed by atoms with E-state index in [1.54, 1.807) is 42.5 Å². The number of benzene rings is 3. The van der Waals surface area contributed by atoms with Crippen LogP contribution in [0.1, 0.15) is 17.7 Å². The average Bonchev–Trinajstić information content (AvgIpc) is 3.63. The number of nitrogens with zero attached hydrogens (tertiary/aromatic N) is 3. The summed E-state index contributed by atoms with van der Waals surface area (Å²) in [7, 11) is -3.90. The third-order valence-electron chi connectivity index (χ3n) is 8.19. The summed E-state index contributed by atoms with van der Waals surface area (Å²) in [6, 6.07) is 25.0. The van der Waals surface area contributed by atoms with Crippen molar-refractivity contribution in [2.75, 3.05) is 13.1 Å². The molecule has 3 aromatic carbocycles. The number of carbonyl (C=O) groups is 3. The fourth-order valence-electron chi connectivity index (χ4n) is 6.08. The first-order chi connectivity index (χ1) is 22.2. The maximum atomic E-state index is 14.0. The van der Waals surface area contributed by atoms with Crippen molar-refractivity contribution in [1.82, 2.24) is 19.5 Å². The number of phenolic OH excluding ortho intramolecular Hbond substituents is 1. The van der Waals surface area contributed by atoms with Crippen LogP contribution in [0.15, 0.2) is 103 Å². The van der Waals surface area contributed by atoms with Crippen molar-refractivity contribution in [1.29, 1.82) is 0 Å². The lowest BCUT2D eigenvalue weighted by atomic mass is 10.0. The van der Waals surface area contributed by atoms with E-state index in [1.165, 1.54) is 27.5 Å². The lowest BCUT2D eigenvalue weighted by molar-refractivity contribution is -0.138. The van der Waals surface area contributed by atoms with Gasteiger partial charge in [0.2, 0.25) is 15.9 Å². The number of likely N-dealkylation sites (tertiary alicyclic amines) is 1. The van der Waals surface area contributed by atoms with E-state index in [0.29, 0.717) is 11.3 Å². The minimum absolute atomic E-state index is 0.000947. The van der Waals surface area contributed by atoms with Gasteiger partial charge in [0.1, 0.15) is 29.3 Å². The zero-order chi connectivity index (χ0) is 32.3. The molecule has 0 aliphatic carbocycles. The van der Waals surface area contributed by atoms with Crippen LogP contribution >= 0.6 is 0 Å². The number of carbonyl (C=O) groups excluding carboxylic acids is 3. The summed E-state index contributed by atoms with van der Waals surface area (Å²) in [4.78, 5) is 45.8. The highest BCUT2D eigenvalue weighted by atomic mass is 32.2. The number of rotatable bonds is 9. The molecule has 11 nitrogen and oxygen atoms in total. The van der Waals surface area contributed by atoms with E-state index >= 15 is 0 Å². The Hall–Kier alpha value is -5.07. The van der Waals surface area contributed by atoms with Gasteiger partial charge in [0, 0.05) is 19.2 Å². The van der Waals surface area contributed by atoms with Crippen LogP contribution in [-0.4, -0.2) is 76.7 Å². The zero-order valence-electron chi connectivity index (χ0n) is 24.7. The van der Waals surface area contributed by atoms with Crippen LogP contribution in [0, 0.1) is 0 Å². The Bertz CT molecular complexity index is 1840. The van der Waals surface area contributed by atoms with Crippen molar-refractivity contribution >= 4 is 27.8 Å². The van der Waals surface area contributed by atoms with Gasteiger partial charge in [-0.1, -0.05) is 60.7 Å². The maximum absolute atomic E-state index is 14.0. The van der Waals surface area contributed by atoms with Gasteiger partial charge in [-0.2, -0.15) is 4.31 Å². The standard InChI is InChI=1S/C34H32N4O7S/c39-27-11-6-7-23(19-27)20-29(36-34(42)45-28-14-12-25(13-15-28)24-8-2-1-3-9-24)33(41)37-18-16-30-32(37)31(40)21-38(30)46(43,44)22-26-10-4-5-17-35-26/h1-15,17,19,29-30,32,39H,16,18,20-22H2,(H,36,42). The number of aromatic hydroxyl groups is 1. The fraction of sp³-hybridized carbons (Fsp3) is 0.235. The number of amides is 2. The molecule has 1 aromatic heterocycles. The monoisotopic (exact) mass is 640 g/mol. The van der Waals surface area contributed by atoms with Crippen molar-refractivity contribution < 1.29 is 32.6 Å². The molecule has 236 valence electrons. The molecule has 0 spiro atoms. The van der Waals surface area contributed by atoms with E-state index < -0.39 is 45.9 Å². The summed E-state index contributed by atoms with van der Waals surface area (Å²) in [6.45, 7) is -0.219. The average molecular weight is 641 g/mol. The molecule has 6 rings (SSSR count). The molecular weight excluding hydrogens is 608 g/mol. The number of aromatic nitrogens is 1. The summed E-state index contributed by atoms with van der Waals surface area (Å²) in [5.74, 6) is -1.05. The van der Waals surface area contributed by atoms with Crippen LogP contribution in [-0.2, 0) is 31.8 Å². The number of pyridine rings is 1. The molecule has 3 heterocycles. The molecule has 2 aliphatic heterocycles. The van der Waals surface area contributed by atoms with Crippen LogP contribution in [0.2, 0.25) is 0 Å². The molecule has 4 aromatic rings. The first-order valence-electron chi connectivity index (χ1n) is 14.8. The minimum atomic E-state index is -3.90. The number of hydrogen-bond donors (Lipinski definition) is 2. The summed E-state index contributed by atoms with van der Waals surface area (Å²) >= 11 is 0. The first kappa shape index (κ1) is 30.9. The number of sulfonamides is 1. The normalized spacial score (nSPS) is 18.6. The molecule has 2 N–H and O–H groups in total. The third kappa shape index (κ3) is 6.77. The second-order valence-corrected chi connectivity index (χ2v) is 13.2. The number of phenols is 1. The van der Waals surface area contributed by atoms with Gasteiger partial charge in [0.05, 0.1) is 18.3 Å². The van der Waals surface area contributed by atoms with Gasteiger partial charge >= 0.3 is 6.09 Å². The van der Waals surface area contributed by atoms with E-state index in [2.05, 4.69) is 10.3 Å². The molecule has 0 saturated carbocycles. The number of hydrogen-bond acceptors (Lipinski definition) is 8. The third-order valence-corrected chi connectivity index (χ3v) is 9.96. The van der Waals surface area contributed by atoms with Gasteiger partial charge in [0.25, 0.3) is 0 Å². The van der Waals surface area contributed by atoms with Crippen LogP contribution in [0.4, 0.5) is 4.79 Å². The van der Waals surface area contributed by atoms with E-state index in [9.17, 15) is 27.9 Å². The highest BCUT2D eigenvalue weighted by molar-refractivity contribution is 7.88. The van der Waals surface area contributed by atoms with Crippen molar-refractivity contribution in [3.8, 4) is 22.6 Å². The molecule has 2 amide bonds. The molecule has 46 heavy (non-hydrogen) atoms. The SMILES string of the molecule is O=C(NC(Cc1cccc(O)c1)C(=O)N1CCC2C1C(=O)CN2S(=O)(=O)Cc1ccccn1)Oc1ccc(-c2ccccc2)cc1. The summed E-state index contributed by atoms with van der Waals surface area (Å²) in [5.41, 5.74) is 2.86. The van der Waals surface area contributed by atoms with Crippen LogP contribution in [0.3, 0.4) is 0 Å². The number of nitrogens with one attached hydrogen (secondary N) is 1. The Morgan fingerprint density at radius 1 is 0.957 bits per heavy atom. The minimum Gasteiger partial charge on any atom is -0.508 e. The number of ketones is 1. The fourth-order valence-corrected chi connectivity index (χ4v) is 7.75. The Labute approximate surface area is 266 Å². The second-order valence-electron chi connectivity index (χ2n) is 11.3. The van der Waals surface area contributed by atoms with Gasteiger partial charge in [-0.15, -0.1) is 0 Å². The molecule has 2 fully saturated rings. The smallest absolute Gasteiger partial charge is 0.413 e. The zero-order valence-corrected chi connectivity index (χ0v) is 25.5. The van der Waals surface area contributed by atoms with E-state index in [-0.39, 0.29) is 43.2 Å². The molecule has 0 bridgehead atoms. The van der Waals surface area contributed by atoms with Crippen LogP contribution in [0.25, 0.3) is 11.1 Å². The van der Waals surface area contributed by atoms with Crippen molar-refractivity contribution in [3.05, 3.63) is 115 Å². The van der Waals surface area contributed by atoms with Crippen molar-refractivity contribution in [2.45, 2.75) is 36.7 Å². The van der Waals surface area contributed by atoms with Crippen molar-refractivity contribution in [2.24, 2.45) is 0 Å². The lowest BCUT2D eigenvalue weighted by Crippen LogP contribution is -2.53. The van der Waals surface area contributed by atoms with E-state index in [1.807, 2.05) is 42.5 Å². The van der Waals surface area contributed by atoms with Gasteiger partial charge in [-0.05, 0) is 59.5 Å². The number of fused-ring (bicyclic) bond motifs is 1. The molecule has 0 radical (unpaired) electrons. The molecule has 3 atom stereocenters. The van der Waals surface area contributed by atoms with Crippen LogP contribution < -0.4 is 10.1 Å². The predicted octanol–water partition coefficient (Wildman–Crippen LogP) is 3.54. The van der Waals surface area contributed by atoms with Gasteiger partial charge < -0.3 is 20.1 Å². The quantitative estimate of drug-likeness (QED) is 0.283. The summed E-state index contributed by atoms with van der Waals surface area (Å²) < 4.78 is 33.3. The molecule has 12 heteroatoms. The topological polar surface area (TPSA) is 146 Å². The van der Waals surface area contributed by atoms with Gasteiger partial charge in [-0.25, -0.2) is 13.2 Å². The second kappa shape index (κ2) is 13.1. The van der Waals surface area contributed by atoms with Gasteiger partial charge in [-0.3, -0.25) is 14.6 Å². The molecular formula is C34H32N4O7S. The highest BCUT2D eigenvalue weighted by Crippen LogP contribution is 2.33. The van der Waals surface area contributed by atoms with Gasteiger partial charge in [0.15, 0.2) is 5.78 Å². The Balaban J connectivity index is 1.18. The predicted molar refractivity (Wildman–Crippen MR) is 169 cm³/mol. The molecule has 3 unspecified atom stereocenters. The van der Waals surface area contributed by atoms with E-state index in [4.69, 9.17) is 4.74 Å². The van der Waals surface area contributed by atoms with E-state index in [0.717, 1.165) is 11.1 Å². The number of ether oxygens (including phenoxy) is 1. The highest BCUT2D eigenvalue weighted by Gasteiger charge is 2.54. The largest absolute Gasteiger partial charge is 0.508 e. The Morgan fingerprint density at radius 3 is 2.41 bits per heavy atom. The van der Waals surface area contributed by atoms with Crippen molar-refractivity contribution in [3.63, 3.8) is 0 Å². The summed E-state index contributed by atoms with van der Waals surface area (Å²) in [5, 5.41) is 12.6. The maximum Gasteiger partial charge on any atom is 0.413 e.